The van der Waals surface area contributed by atoms with Gasteiger partial charge in [0.1, 0.15) is 0 Å². The van der Waals surface area contributed by atoms with Gasteiger partial charge < -0.3 is 14.8 Å². The fraction of sp³-hybridized carbons (Fsp3) is 0.208. The van der Waals surface area contributed by atoms with Crippen LogP contribution in [0.4, 0.5) is 18.9 Å². The maximum Gasteiger partial charge on any atom is 0.417 e. The van der Waals surface area contributed by atoms with Crippen molar-refractivity contribution in [3.8, 4) is 22.6 Å². The number of carbonyl (C=O) groups excluding carboxylic acids is 1. The lowest BCUT2D eigenvalue weighted by molar-refractivity contribution is -0.137. The van der Waals surface area contributed by atoms with E-state index in [-0.39, 0.29) is 24.0 Å². The highest BCUT2D eigenvalue weighted by Gasteiger charge is 2.51. The van der Waals surface area contributed by atoms with E-state index in [1.54, 1.807) is 48.5 Å². The molecule has 3 aromatic carbocycles. The van der Waals surface area contributed by atoms with Crippen LogP contribution in [0.3, 0.4) is 0 Å². The minimum atomic E-state index is -4.56. The summed E-state index contributed by atoms with van der Waals surface area (Å²) in [5, 5.41) is 2.69. The van der Waals surface area contributed by atoms with E-state index in [2.05, 4.69) is 5.32 Å². The quantitative estimate of drug-likeness (QED) is 0.577. The molecule has 0 spiro atoms. The molecule has 1 amide bonds. The normalized spacial score (nSPS) is 16.1. The second kappa shape index (κ2) is 7.04. The molecular weight excluding hydrogens is 407 g/mol. The summed E-state index contributed by atoms with van der Waals surface area (Å²) in [6.45, 7) is 0.131. The summed E-state index contributed by atoms with van der Waals surface area (Å²) in [5.41, 5.74) is -0.133. The van der Waals surface area contributed by atoms with E-state index >= 15 is 0 Å². The highest BCUT2D eigenvalue weighted by Crippen LogP contribution is 2.51. The molecule has 158 valence electrons. The zero-order chi connectivity index (χ0) is 21.6. The van der Waals surface area contributed by atoms with E-state index in [0.717, 1.165) is 11.6 Å². The molecule has 5 rings (SSSR count). The number of alkyl halides is 3. The summed E-state index contributed by atoms with van der Waals surface area (Å²) in [5.74, 6) is 0.862. The number of ether oxygens (including phenoxy) is 2. The number of halogens is 3. The van der Waals surface area contributed by atoms with E-state index in [1.165, 1.54) is 12.1 Å². The monoisotopic (exact) mass is 425 g/mol. The topological polar surface area (TPSA) is 47.6 Å². The molecule has 31 heavy (non-hydrogen) atoms. The Kier molecular flexibility index (Phi) is 4.43. The Bertz CT molecular complexity index is 1150. The van der Waals surface area contributed by atoms with E-state index in [1.807, 2.05) is 0 Å². The molecule has 0 atom stereocenters. The molecule has 4 nitrogen and oxygen atoms in total. The number of benzene rings is 3. The van der Waals surface area contributed by atoms with Crippen LogP contribution in [0, 0.1) is 0 Å². The lowest BCUT2D eigenvalue weighted by atomic mass is 9.94. The molecule has 1 aliphatic carbocycles. The van der Waals surface area contributed by atoms with Crippen molar-refractivity contribution >= 4 is 11.6 Å². The van der Waals surface area contributed by atoms with Gasteiger partial charge in [-0.15, -0.1) is 0 Å². The third-order valence-corrected chi connectivity index (χ3v) is 5.78. The lowest BCUT2D eigenvalue weighted by Gasteiger charge is -2.18. The van der Waals surface area contributed by atoms with Crippen LogP contribution in [0.2, 0.25) is 0 Å². The second-order valence-electron chi connectivity index (χ2n) is 7.73. The molecule has 1 heterocycles. The van der Waals surface area contributed by atoms with Crippen LogP contribution in [0.1, 0.15) is 24.0 Å². The van der Waals surface area contributed by atoms with Crippen molar-refractivity contribution in [2.45, 2.75) is 24.4 Å². The third-order valence-electron chi connectivity index (χ3n) is 5.78. The first-order chi connectivity index (χ1) is 14.9. The van der Waals surface area contributed by atoms with Gasteiger partial charge in [-0.3, -0.25) is 4.79 Å². The van der Waals surface area contributed by atoms with Crippen LogP contribution >= 0.6 is 0 Å². The van der Waals surface area contributed by atoms with Crippen LogP contribution in [-0.2, 0) is 16.4 Å². The van der Waals surface area contributed by atoms with Gasteiger partial charge in [-0.1, -0.05) is 42.5 Å². The predicted molar refractivity (Wildman–Crippen MR) is 109 cm³/mol. The van der Waals surface area contributed by atoms with Crippen LogP contribution in [0.5, 0.6) is 11.5 Å². The van der Waals surface area contributed by atoms with Gasteiger partial charge in [0.05, 0.1) is 11.0 Å². The van der Waals surface area contributed by atoms with Crippen molar-refractivity contribution in [2.24, 2.45) is 0 Å². The molecule has 0 saturated heterocycles. The molecule has 0 radical (unpaired) electrons. The fourth-order valence-corrected chi connectivity index (χ4v) is 3.94. The van der Waals surface area contributed by atoms with Crippen LogP contribution in [0.25, 0.3) is 11.1 Å². The summed E-state index contributed by atoms with van der Waals surface area (Å²) >= 11 is 0. The van der Waals surface area contributed by atoms with Crippen molar-refractivity contribution < 1.29 is 27.4 Å². The Morgan fingerprint density at radius 1 is 0.903 bits per heavy atom. The SMILES string of the molecule is O=C(Nc1ccc(-c2ccccc2)c(C(F)(F)F)c1)C1(c2ccc3c(c2)OCO3)CC1. The summed E-state index contributed by atoms with van der Waals surface area (Å²) in [4.78, 5) is 13.0. The molecule has 0 bridgehead atoms. The van der Waals surface area contributed by atoms with Gasteiger partial charge in [-0.2, -0.15) is 13.2 Å². The highest BCUT2D eigenvalue weighted by atomic mass is 19.4. The summed E-state index contributed by atoms with van der Waals surface area (Å²) < 4.78 is 51.9. The minimum absolute atomic E-state index is 0.0722. The van der Waals surface area contributed by atoms with E-state index in [4.69, 9.17) is 9.47 Å². The number of anilines is 1. The Hall–Kier alpha value is -3.48. The molecule has 7 heteroatoms. The Balaban J connectivity index is 1.44. The molecule has 1 N–H and O–H groups in total. The van der Waals surface area contributed by atoms with Crippen molar-refractivity contribution in [1.82, 2.24) is 0 Å². The van der Waals surface area contributed by atoms with Crippen molar-refractivity contribution in [2.75, 3.05) is 12.1 Å². The molecule has 0 unspecified atom stereocenters. The number of carbonyl (C=O) groups is 1. The first-order valence-corrected chi connectivity index (χ1v) is 9.85. The number of amides is 1. The molecule has 1 saturated carbocycles. The number of rotatable bonds is 4. The zero-order valence-electron chi connectivity index (χ0n) is 16.3. The summed E-state index contributed by atoms with van der Waals surface area (Å²) in [6.07, 6.45) is -3.32. The fourth-order valence-electron chi connectivity index (χ4n) is 3.94. The van der Waals surface area contributed by atoms with Crippen molar-refractivity contribution in [3.05, 3.63) is 77.9 Å². The second-order valence-corrected chi connectivity index (χ2v) is 7.73. The molecule has 3 aromatic rings. The van der Waals surface area contributed by atoms with Gasteiger partial charge in [0.15, 0.2) is 11.5 Å². The van der Waals surface area contributed by atoms with Crippen molar-refractivity contribution in [3.63, 3.8) is 0 Å². The Labute approximate surface area is 176 Å². The molecule has 1 fully saturated rings. The van der Waals surface area contributed by atoms with Gasteiger partial charge in [0.25, 0.3) is 0 Å². The van der Waals surface area contributed by atoms with Crippen LogP contribution < -0.4 is 14.8 Å². The summed E-state index contributed by atoms with van der Waals surface area (Å²) in [7, 11) is 0. The highest BCUT2D eigenvalue weighted by molar-refractivity contribution is 6.01. The first kappa shape index (κ1) is 19.5. The Morgan fingerprint density at radius 3 is 2.35 bits per heavy atom. The molecule has 2 aliphatic rings. The summed E-state index contributed by atoms with van der Waals surface area (Å²) in [6, 6.07) is 17.6. The number of hydrogen-bond acceptors (Lipinski definition) is 3. The Morgan fingerprint density at radius 2 is 1.65 bits per heavy atom. The lowest BCUT2D eigenvalue weighted by Crippen LogP contribution is -2.28. The average molecular weight is 425 g/mol. The maximum absolute atomic E-state index is 13.8. The zero-order valence-corrected chi connectivity index (χ0v) is 16.3. The predicted octanol–water partition coefficient (Wildman–Crippen LogP) is 5.77. The number of nitrogens with one attached hydrogen (secondary N) is 1. The molecule has 0 aromatic heterocycles. The standard InChI is InChI=1S/C24H18F3NO3/c25-24(26,27)19-13-17(7-8-18(19)15-4-2-1-3-5-15)28-22(29)23(10-11-23)16-6-9-20-21(12-16)31-14-30-20/h1-9,12-13H,10-11,14H2,(H,28,29). The average Bonchev–Trinajstić information content (AvgIpc) is 3.45. The number of hydrogen-bond donors (Lipinski definition) is 1. The van der Waals surface area contributed by atoms with Gasteiger partial charge in [0, 0.05) is 5.69 Å². The van der Waals surface area contributed by atoms with E-state index in [0.29, 0.717) is 29.9 Å². The van der Waals surface area contributed by atoms with E-state index in [9.17, 15) is 18.0 Å². The maximum atomic E-state index is 13.8. The largest absolute Gasteiger partial charge is 0.454 e. The van der Waals surface area contributed by atoms with E-state index < -0.39 is 17.2 Å². The van der Waals surface area contributed by atoms with Gasteiger partial charge in [0.2, 0.25) is 12.7 Å². The van der Waals surface area contributed by atoms with Gasteiger partial charge >= 0.3 is 6.18 Å². The molecule has 1 aliphatic heterocycles. The number of fused-ring (bicyclic) bond motifs is 1. The smallest absolute Gasteiger partial charge is 0.417 e. The van der Waals surface area contributed by atoms with Crippen LogP contribution in [0.15, 0.2) is 66.7 Å². The van der Waals surface area contributed by atoms with Gasteiger partial charge in [-0.05, 0) is 53.8 Å². The van der Waals surface area contributed by atoms with Gasteiger partial charge in [-0.25, -0.2) is 0 Å². The third kappa shape index (κ3) is 3.50. The van der Waals surface area contributed by atoms with Crippen molar-refractivity contribution in [1.29, 1.82) is 0 Å². The minimum Gasteiger partial charge on any atom is -0.454 e. The first-order valence-electron chi connectivity index (χ1n) is 9.85. The van der Waals surface area contributed by atoms with Crippen LogP contribution in [-0.4, -0.2) is 12.7 Å². The molecular formula is C24H18F3NO3.